The summed E-state index contributed by atoms with van der Waals surface area (Å²) >= 11 is 0. The summed E-state index contributed by atoms with van der Waals surface area (Å²) in [5, 5.41) is 13.1. The third-order valence-corrected chi connectivity index (χ3v) is 6.46. The molecule has 3 N–H and O–H groups in total. The molecule has 0 aliphatic rings. The van der Waals surface area contributed by atoms with Crippen molar-refractivity contribution in [1.82, 2.24) is 19.7 Å². The van der Waals surface area contributed by atoms with Crippen LogP contribution in [0.25, 0.3) is 22.2 Å². The van der Waals surface area contributed by atoms with Gasteiger partial charge in [-0.15, -0.1) is 0 Å². The molecule has 4 rings (SSSR count). The molecule has 0 amide bonds. The van der Waals surface area contributed by atoms with Crippen LogP contribution in [-0.2, 0) is 10.0 Å². The first-order valence-electron chi connectivity index (χ1n) is 10.0. The zero-order chi connectivity index (χ0) is 22.7. The summed E-state index contributed by atoms with van der Waals surface area (Å²) in [5.74, 6) is 1.27. The average Bonchev–Trinajstić information content (AvgIpc) is 3.25. The first-order chi connectivity index (χ1) is 15.4. The number of anilines is 1. The maximum absolute atomic E-state index is 12.3. The molecule has 0 aliphatic heterocycles. The molecule has 9 heteroatoms. The number of rotatable bonds is 7. The van der Waals surface area contributed by atoms with Crippen molar-refractivity contribution in [2.24, 2.45) is 0 Å². The number of hydrogen-bond donors (Lipinski definition) is 3. The van der Waals surface area contributed by atoms with E-state index in [0.29, 0.717) is 11.6 Å². The van der Waals surface area contributed by atoms with E-state index in [1.807, 2.05) is 56.4 Å². The Bertz CT molecular complexity index is 1420. The first kappa shape index (κ1) is 21.5. The lowest BCUT2D eigenvalue weighted by molar-refractivity contribution is 0.585. The molecule has 1 atom stereocenters. The number of nitrogens with one attached hydrogen (secondary N) is 3. The molecule has 1 unspecified atom stereocenters. The molecule has 0 saturated carbocycles. The summed E-state index contributed by atoms with van der Waals surface area (Å²) in [6, 6.07) is 18.2. The van der Waals surface area contributed by atoms with Crippen molar-refractivity contribution in [2.75, 3.05) is 11.9 Å². The Morgan fingerprint density at radius 3 is 2.78 bits per heavy atom. The highest BCUT2D eigenvalue weighted by molar-refractivity contribution is 7.89. The molecular weight excluding hydrogens is 424 g/mol. The van der Waals surface area contributed by atoms with E-state index in [0.717, 1.165) is 27.7 Å². The van der Waals surface area contributed by atoms with Gasteiger partial charge in [-0.05, 0) is 49.1 Å². The molecule has 162 valence electrons. The number of aromatic nitrogens is 3. The summed E-state index contributed by atoms with van der Waals surface area (Å²) in [6.07, 6.45) is 1.90. The van der Waals surface area contributed by atoms with Gasteiger partial charge >= 0.3 is 0 Å². The third-order valence-electron chi connectivity index (χ3n) is 5.06. The zero-order valence-corrected chi connectivity index (χ0v) is 18.4. The third kappa shape index (κ3) is 4.61. The van der Waals surface area contributed by atoms with Gasteiger partial charge in [0.15, 0.2) is 0 Å². The molecule has 0 radical (unpaired) electrons. The number of benzene rings is 2. The molecule has 0 fully saturated rings. The highest BCUT2D eigenvalue weighted by atomic mass is 32.2. The van der Waals surface area contributed by atoms with E-state index >= 15 is 0 Å². The number of aryl methyl sites for hydroxylation is 1. The second kappa shape index (κ2) is 8.78. The van der Waals surface area contributed by atoms with Gasteiger partial charge in [-0.25, -0.2) is 18.4 Å². The van der Waals surface area contributed by atoms with E-state index in [9.17, 15) is 8.42 Å². The monoisotopic (exact) mass is 446 g/mol. The quantitative estimate of drug-likeness (QED) is 0.370. The van der Waals surface area contributed by atoms with Crippen molar-refractivity contribution in [3.8, 4) is 17.3 Å². The summed E-state index contributed by atoms with van der Waals surface area (Å²) in [5.41, 5.74) is 3.57. The molecule has 0 aliphatic carbocycles. The second-order valence-electron chi connectivity index (χ2n) is 7.39. The Kier molecular flexibility index (Phi) is 5.90. The number of nitrogens with zero attached hydrogens (tertiary/aromatic N) is 3. The minimum absolute atomic E-state index is 0.109. The predicted molar refractivity (Wildman–Crippen MR) is 123 cm³/mol. The molecule has 2 aromatic heterocycles. The Morgan fingerprint density at radius 2 is 1.97 bits per heavy atom. The predicted octanol–water partition coefficient (Wildman–Crippen LogP) is 3.91. The molecule has 8 nitrogen and oxygen atoms in total. The van der Waals surface area contributed by atoms with Crippen LogP contribution in [0.2, 0.25) is 0 Å². The van der Waals surface area contributed by atoms with Crippen molar-refractivity contribution < 1.29 is 8.42 Å². The summed E-state index contributed by atoms with van der Waals surface area (Å²) in [7, 11) is -3.74. The van der Waals surface area contributed by atoms with E-state index in [1.165, 1.54) is 6.07 Å². The Labute approximate surface area is 186 Å². The highest BCUT2D eigenvalue weighted by Crippen LogP contribution is 2.26. The second-order valence-corrected chi connectivity index (χ2v) is 9.15. The Hall–Kier alpha value is -3.74. The van der Waals surface area contributed by atoms with E-state index in [2.05, 4.69) is 25.0 Å². The van der Waals surface area contributed by atoms with Gasteiger partial charge in [0.2, 0.25) is 10.0 Å². The fourth-order valence-electron chi connectivity index (χ4n) is 3.46. The van der Waals surface area contributed by atoms with E-state index in [-0.39, 0.29) is 17.5 Å². The van der Waals surface area contributed by atoms with Gasteiger partial charge in [0.05, 0.1) is 23.2 Å². The molecule has 32 heavy (non-hydrogen) atoms. The van der Waals surface area contributed by atoms with Crippen LogP contribution in [0.1, 0.15) is 24.4 Å². The first-order valence-corrected chi connectivity index (χ1v) is 11.5. The van der Waals surface area contributed by atoms with Gasteiger partial charge in [-0.1, -0.05) is 24.3 Å². The van der Waals surface area contributed by atoms with Crippen LogP contribution < -0.4 is 10.0 Å². The molecule has 2 aromatic carbocycles. The molecule has 0 spiro atoms. The van der Waals surface area contributed by atoms with Crippen LogP contribution in [0.15, 0.2) is 65.7 Å². The van der Waals surface area contributed by atoms with Crippen molar-refractivity contribution in [3.05, 3.63) is 72.2 Å². The van der Waals surface area contributed by atoms with Gasteiger partial charge in [-0.3, -0.25) is 0 Å². The number of nitriles is 1. The molecule has 0 bridgehead atoms. The zero-order valence-electron chi connectivity index (χ0n) is 17.6. The fourth-order valence-corrected chi connectivity index (χ4v) is 4.43. The minimum atomic E-state index is -3.74. The number of fused-ring (bicyclic) bond motifs is 1. The van der Waals surface area contributed by atoms with Crippen LogP contribution >= 0.6 is 0 Å². The SMILES string of the molecule is Cc1nc(NC(C)c2cccc(S(=O)(=O)NCC#N)c2)cc(-c2ccc3cc[nH]c3c2)n1. The molecule has 4 aromatic rings. The number of aromatic amines is 1. The Morgan fingerprint density at radius 1 is 1.12 bits per heavy atom. The molecular formula is C23H22N6O2S. The van der Waals surface area contributed by atoms with Crippen molar-refractivity contribution in [3.63, 3.8) is 0 Å². The van der Waals surface area contributed by atoms with Crippen LogP contribution in [0, 0.1) is 18.3 Å². The van der Waals surface area contributed by atoms with Gasteiger partial charge in [0.25, 0.3) is 0 Å². The lowest BCUT2D eigenvalue weighted by atomic mass is 10.1. The number of sulfonamides is 1. The van der Waals surface area contributed by atoms with Crippen LogP contribution in [0.4, 0.5) is 5.82 Å². The minimum Gasteiger partial charge on any atom is -0.363 e. The topological polar surface area (TPSA) is 124 Å². The van der Waals surface area contributed by atoms with Crippen molar-refractivity contribution in [2.45, 2.75) is 24.8 Å². The fraction of sp³-hybridized carbons (Fsp3) is 0.174. The summed E-state index contributed by atoms with van der Waals surface area (Å²) in [6.45, 7) is 3.48. The van der Waals surface area contributed by atoms with E-state index < -0.39 is 10.0 Å². The smallest absolute Gasteiger partial charge is 0.241 e. The van der Waals surface area contributed by atoms with Crippen LogP contribution in [0.5, 0.6) is 0 Å². The molecule has 0 saturated heterocycles. The van der Waals surface area contributed by atoms with E-state index in [1.54, 1.807) is 18.2 Å². The largest absolute Gasteiger partial charge is 0.363 e. The summed E-state index contributed by atoms with van der Waals surface area (Å²) in [4.78, 5) is 12.4. The van der Waals surface area contributed by atoms with Gasteiger partial charge in [0.1, 0.15) is 11.6 Å². The van der Waals surface area contributed by atoms with Gasteiger partial charge in [0, 0.05) is 29.4 Å². The molecule has 2 heterocycles. The van der Waals surface area contributed by atoms with Gasteiger partial charge < -0.3 is 10.3 Å². The standard InChI is InChI=1S/C23H22N6O2S/c1-15(18-4-3-5-20(12-18)32(30,31)26-11-9-24)27-23-14-22(28-16(2)29-23)19-7-6-17-8-10-25-21(17)13-19/h3-8,10,12-15,25-26H,11H2,1-2H3,(H,27,28,29). The van der Waals surface area contributed by atoms with Gasteiger partial charge in [-0.2, -0.15) is 9.98 Å². The van der Waals surface area contributed by atoms with Crippen molar-refractivity contribution in [1.29, 1.82) is 5.26 Å². The highest BCUT2D eigenvalue weighted by Gasteiger charge is 2.16. The lowest BCUT2D eigenvalue weighted by Crippen LogP contribution is -2.24. The maximum Gasteiger partial charge on any atom is 0.241 e. The number of H-pyrrole nitrogens is 1. The average molecular weight is 447 g/mol. The summed E-state index contributed by atoms with van der Waals surface area (Å²) < 4.78 is 26.9. The number of hydrogen-bond acceptors (Lipinski definition) is 6. The lowest BCUT2D eigenvalue weighted by Gasteiger charge is -2.17. The van der Waals surface area contributed by atoms with Crippen LogP contribution in [-0.4, -0.2) is 29.9 Å². The van der Waals surface area contributed by atoms with Crippen molar-refractivity contribution >= 4 is 26.7 Å². The Balaban J connectivity index is 1.59. The van der Waals surface area contributed by atoms with E-state index in [4.69, 9.17) is 5.26 Å². The maximum atomic E-state index is 12.3. The van der Waals surface area contributed by atoms with Crippen LogP contribution in [0.3, 0.4) is 0 Å². The normalized spacial score (nSPS) is 12.4.